The van der Waals surface area contributed by atoms with E-state index in [0.29, 0.717) is 11.4 Å². The second-order valence-corrected chi connectivity index (χ2v) is 4.32. The SMILES string of the molecule is COc1cnn(C(C)C)c1C(O)c1ccncc1. The molecule has 1 N–H and O–H groups in total. The maximum absolute atomic E-state index is 10.5. The molecule has 96 valence electrons. The lowest BCUT2D eigenvalue weighted by Crippen LogP contribution is -2.13. The molecule has 0 fully saturated rings. The molecule has 0 aliphatic rings. The van der Waals surface area contributed by atoms with Crippen LogP contribution in [0.25, 0.3) is 0 Å². The fourth-order valence-corrected chi connectivity index (χ4v) is 1.89. The Morgan fingerprint density at radius 2 is 1.94 bits per heavy atom. The van der Waals surface area contributed by atoms with Crippen LogP contribution in [0.15, 0.2) is 30.7 Å². The summed E-state index contributed by atoms with van der Waals surface area (Å²) in [5.41, 5.74) is 1.43. The van der Waals surface area contributed by atoms with Gasteiger partial charge in [0, 0.05) is 18.4 Å². The molecule has 0 saturated heterocycles. The van der Waals surface area contributed by atoms with Crippen LogP contribution in [0.3, 0.4) is 0 Å². The van der Waals surface area contributed by atoms with E-state index in [-0.39, 0.29) is 6.04 Å². The van der Waals surface area contributed by atoms with E-state index in [1.807, 2.05) is 13.8 Å². The lowest BCUT2D eigenvalue weighted by molar-refractivity contribution is 0.199. The Bertz CT molecular complexity index is 508. The first-order valence-corrected chi connectivity index (χ1v) is 5.84. The van der Waals surface area contributed by atoms with Crippen LogP contribution in [0.4, 0.5) is 0 Å². The van der Waals surface area contributed by atoms with Gasteiger partial charge >= 0.3 is 0 Å². The number of methoxy groups -OCH3 is 1. The normalized spacial score (nSPS) is 12.7. The molecule has 2 rings (SSSR count). The second-order valence-electron chi connectivity index (χ2n) is 4.32. The molecule has 0 spiro atoms. The lowest BCUT2D eigenvalue weighted by atomic mass is 10.1. The summed E-state index contributed by atoms with van der Waals surface area (Å²) in [6.45, 7) is 4.02. The summed E-state index contributed by atoms with van der Waals surface area (Å²) in [4.78, 5) is 3.94. The number of rotatable bonds is 4. The fourth-order valence-electron chi connectivity index (χ4n) is 1.89. The topological polar surface area (TPSA) is 60.2 Å². The van der Waals surface area contributed by atoms with Crippen LogP contribution in [0, 0.1) is 0 Å². The molecule has 2 heterocycles. The summed E-state index contributed by atoms with van der Waals surface area (Å²) in [7, 11) is 1.57. The van der Waals surface area contributed by atoms with E-state index in [9.17, 15) is 5.11 Å². The van der Waals surface area contributed by atoms with E-state index in [1.165, 1.54) is 0 Å². The van der Waals surface area contributed by atoms with Crippen LogP contribution >= 0.6 is 0 Å². The van der Waals surface area contributed by atoms with Gasteiger partial charge in [-0.3, -0.25) is 9.67 Å². The summed E-state index contributed by atoms with van der Waals surface area (Å²) >= 11 is 0. The van der Waals surface area contributed by atoms with Crippen molar-refractivity contribution in [3.8, 4) is 5.75 Å². The molecule has 0 amide bonds. The molecule has 0 aromatic carbocycles. The summed E-state index contributed by atoms with van der Waals surface area (Å²) < 4.78 is 7.03. The van der Waals surface area contributed by atoms with E-state index in [0.717, 1.165) is 5.56 Å². The highest BCUT2D eigenvalue weighted by atomic mass is 16.5. The van der Waals surface area contributed by atoms with Gasteiger partial charge in [0.2, 0.25) is 0 Å². The van der Waals surface area contributed by atoms with Crippen LogP contribution in [-0.4, -0.2) is 27.0 Å². The van der Waals surface area contributed by atoms with Gasteiger partial charge in [-0.15, -0.1) is 0 Å². The Labute approximate surface area is 106 Å². The molecule has 1 atom stereocenters. The molecule has 0 aliphatic heterocycles. The zero-order valence-corrected chi connectivity index (χ0v) is 10.7. The lowest BCUT2D eigenvalue weighted by Gasteiger charge is -2.17. The molecule has 18 heavy (non-hydrogen) atoms. The highest BCUT2D eigenvalue weighted by molar-refractivity contribution is 5.34. The molecular weight excluding hydrogens is 230 g/mol. The Kier molecular flexibility index (Phi) is 3.62. The van der Waals surface area contributed by atoms with Gasteiger partial charge in [0.1, 0.15) is 11.8 Å². The van der Waals surface area contributed by atoms with Crippen molar-refractivity contribution in [2.45, 2.75) is 26.0 Å². The third-order valence-electron chi connectivity index (χ3n) is 2.79. The van der Waals surface area contributed by atoms with Gasteiger partial charge in [0.15, 0.2) is 5.75 Å². The number of hydrogen-bond acceptors (Lipinski definition) is 4. The smallest absolute Gasteiger partial charge is 0.163 e. The predicted octanol–water partition coefficient (Wildman–Crippen LogP) is 1.95. The highest BCUT2D eigenvalue weighted by Gasteiger charge is 2.22. The molecule has 2 aromatic heterocycles. The quantitative estimate of drug-likeness (QED) is 0.897. The number of hydrogen-bond donors (Lipinski definition) is 1. The van der Waals surface area contributed by atoms with E-state index >= 15 is 0 Å². The average Bonchev–Trinajstić information content (AvgIpc) is 2.82. The van der Waals surface area contributed by atoms with E-state index < -0.39 is 6.10 Å². The molecule has 5 heteroatoms. The van der Waals surface area contributed by atoms with Crippen molar-refractivity contribution in [1.82, 2.24) is 14.8 Å². The van der Waals surface area contributed by atoms with Gasteiger partial charge in [0.25, 0.3) is 0 Å². The van der Waals surface area contributed by atoms with Crippen molar-refractivity contribution in [2.75, 3.05) is 7.11 Å². The molecule has 0 bridgehead atoms. The first-order valence-electron chi connectivity index (χ1n) is 5.84. The van der Waals surface area contributed by atoms with Crippen molar-refractivity contribution < 1.29 is 9.84 Å². The second kappa shape index (κ2) is 5.18. The minimum atomic E-state index is -0.771. The number of aliphatic hydroxyl groups excluding tert-OH is 1. The monoisotopic (exact) mass is 247 g/mol. The zero-order valence-electron chi connectivity index (χ0n) is 10.7. The van der Waals surface area contributed by atoms with Crippen molar-refractivity contribution in [2.24, 2.45) is 0 Å². The van der Waals surface area contributed by atoms with Crippen molar-refractivity contribution in [3.63, 3.8) is 0 Å². The third kappa shape index (κ3) is 2.22. The number of ether oxygens (including phenoxy) is 1. The molecule has 0 radical (unpaired) electrons. The van der Waals surface area contributed by atoms with Gasteiger partial charge in [-0.2, -0.15) is 5.10 Å². The molecule has 0 saturated carbocycles. The van der Waals surface area contributed by atoms with Gasteiger partial charge < -0.3 is 9.84 Å². The molecule has 5 nitrogen and oxygen atoms in total. The zero-order chi connectivity index (χ0) is 13.1. The first kappa shape index (κ1) is 12.6. The summed E-state index contributed by atoms with van der Waals surface area (Å²) in [6.07, 6.45) is 4.16. The first-order chi connectivity index (χ1) is 8.65. The van der Waals surface area contributed by atoms with Gasteiger partial charge in [-0.05, 0) is 31.5 Å². The Hall–Kier alpha value is -1.88. The standard InChI is InChI=1S/C13H17N3O2/c1-9(2)16-12(11(18-3)8-15-16)13(17)10-4-6-14-7-5-10/h4-9,13,17H,1-3H3. The van der Waals surface area contributed by atoms with Crippen LogP contribution in [0.5, 0.6) is 5.75 Å². The van der Waals surface area contributed by atoms with Crippen LogP contribution < -0.4 is 4.74 Å². The molecular formula is C13H17N3O2. The summed E-state index contributed by atoms with van der Waals surface area (Å²) in [5, 5.41) is 14.7. The van der Waals surface area contributed by atoms with Crippen molar-refractivity contribution >= 4 is 0 Å². The van der Waals surface area contributed by atoms with Gasteiger partial charge in [-0.25, -0.2) is 0 Å². The van der Waals surface area contributed by atoms with Crippen LogP contribution in [-0.2, 0) is 0 Å². The highest BCUT2D eigenvalue weighted by Crippen LogP contribution is 2.31. The summed E-state index contributed by atoms with van der Waals surface area (Å²) in [5.74, 6) is 0.591. The minimum absolute atomic E-state index is 0.153. The number of aliphatic hydroxyl groups is 1. The summed E-state index contributed by atoms with van der Waals surface area (Å²) in [6, 6.07) is 3.71. The maximum Gasteiger partial charge on any atom is 0.163 e. The average molecular weight is 247 g/mol. The van der Waals surface area contributed by atoms with Crippen molar-refractivity contribution in [3.05, 3.63) is 42.0 Å². The van der Waals surface area contributed by atoms with Crippen LogP contribution in [0.2, 0.25) is 0 Å². The Morgan fingerprint density at radius 1 is 1.28 bits per heavy atom. The largest absolute Gasteiger partial charge is 0.493 e. The van der Waals surface area contributed by atoms with Crippen LogP contribution in [0.1, 0.15) is 37.3 Å². The molecule has 2 aromatic rings. The molecule has 0 aliphatic carbocycles. The Balaban J connectivity index is 2.46. The number of aromatic nitrogens is 3. The minimum Gasteiger partial charge on any atom is -0.493 e. The van der Waals surface area contributed by atoms with Gasteiger partial charge in [-0.1, -0.05) is 0 Å². The predicted molar refractivity (Wildman–Crippen MR) is 67.5 cm³/mol. The molecule has 1 unspecified atom stereocenters. The van der Waals surface area contributed by atoms with E-state index in [2.05, 4.69) is 10.1 Å². The number of pyridine rings is 1. The Morgan fingerprint density at radius 3 is 2.50 bits per heavy atom. The van der Waals surface area contributed by atoms with Crippen molar-refractivity contribution in [1.29, 1.82) is 0 Å². The third-order valence-corrected chi connectivity index (χ3v) is 2.79. The number of nitrogens with zero attached hydrogens (tertiary/aromatic N) is 3. The van der Waals surface area contributed by atoms with E-state index in [4.69, 9.17) is 4.74 Å². The van der Waals surface area contributed by atoms with Gasteiger partial charge in [0.05, 0.1) is 13.3 Å². The van der Waals surface area contributed by atoms with E-state index in [1.54, 1.807) is 42.5 Å². The maximum atomic E-state index is 10.5. The fraction of sp³-hybridized carbons (Fsp3) is 0.385.